The number of aromatic nitrogens is 4. The van der Waals surface area contributed by atoms with E-state index < -0.39 is 47.4 Å². The molecule has 2 aliphatic heterocycles. The van der Waals surface area contributed by atoms with Crippen molar-refractivity contribution < 1.29 is 33.9 Å². The highest BCUT2D eigenvalue weighted by atomic mass is 32.2. The number of oxime groups is 1. The molecule has 202 valence electrons. The molecule has 2 amide bonds. The van der Waals surface area contributed by atoms with E-state index in [-0.39, 0.29) is 17.1 Å². The summed E-state index contributed by atoms with van der Waals surface area (Å²) in [6.45, 7) is 4.57. The van der Waals surface area contributed by atoms with E-state index in [0.29, 0.717) is 22.1 Å². The molecule has 2 atom stereocenters. The molecule has 0 saturated carbocycles. The number of carbonyl (C=O) groups excluding carboxylic acids is 3. The molecule has 2 aromatic rings. The van der Waals surface area contributed by atoms with E-state index in [2.05, 4.69) is 30.9 Å². The standard InChI is InChI=1S/C21H23N7O7S3/c1-21(2,3)35-13(29)5-34-26-14(11-8-36-9-22-11)17(30)24-15-18(31)28-16(20(32)33)10(7-38-19(15)28)6-37-12-4-23-27-25-12/h4,8-9,15,19H,5-7H2,1-3H3,(H,24,30)(H,32,33)(H,23,25,27)/t15?,19-/m1/s1. The molecule has 1 fully saturated rings. The van der Waals surface area contributed by atoms with E-state index in [9.17, 15) is 24.3 Å². The van der Waals surface area contributed by atoms with Crippen LogP contribution in [0.5, 0.6) is 0 Å². The van der Waals surface area contributed by atoms with Gasteiger partial charge in [0.15, 0.2) is 5.71 Å². The number of amides is 2. The molecule has 0 spiro atoms. The van der Waals surface area contributed by atoms with E-state index >= 15 is 0 Å². The Balaban J connectivity index is 1.44. The molecular weight excluding hydrogens is 558 g/mol. The van der Waals surface area contributed by atoms with Crippen LogP contribution in [0.1, 0.15) is 26.5 Å². The van der Waals surface area contributed by atoms with Gasteiger partial charge >= 0.3 is 11.9 Å². The second kappa shape index (κ2) is 11.5. The average molecular weight is 582 g/mol. The summed E-state index contributed by atoms with van der Waals surface area (Å²) >= 11 is 3.85. The van der Waals surface area contributed by atoms with Crippen LogP contribution in [0, 0.1) is 0 Å². The van der Waals surface area contributed by atoms with E-state index in [1.807, 2.05) is 0 Å². The van der Waals surface area contributed by atoms with Crippen LogP contribution in [-0.4, -0.2) is 95.0 Å². The number of aromatic amines is 1. The molecule has 2 aliphatic rings. The molecule has 1 saturated heterocycles. The Labute approximate surface area is 228 Å². The van der Waals surface area contributed by atoms with Gasteiger partial charge in [-0.2, -0.15) is 10.3 Å². The van der Waals surface area contributed by atoms with Gasteiger partial charge in [-0.1, -0.05) is 16.9 Å². The summed E-state index contributed by atoms with van der Waals surface area (Å²) in [5, 5.41) is 27.9. The van der Waals surface area contributed by atoms with Crippen molar-refractivity contribution in [3.05, 3.63) is 34.1 Å². The highest BCUT2D eigenvalue weighted by molar-refractivity contribution is 8.01. The quantitative estimate of drug-likeness (QED) is 0.118. The molecule has 4 rings (SSSR count). The van der Waals surface area contributed by atoms with Crippen molar-refractivity contribution in [2.45, 2.75) is 42.8 Å². The number of β-lactam (4-membered cyclic amide) rings is 1. The predicted molar refractivity (Wildman–Crippen MR) is 137 cm³/mol. The highest BCUT2D eigenvalue weighted by Crippen LogP contribution is 2.41. The van der Waals surface area contributed by atoms with Gasteiger partial charge in [0.1, 0.15) is 33.4 Å². The summed E-state index contributed by atoms with van der Waals surface area (Å²) in [5.41, 5.74) is 1.18. The zero-order valence-corrected chi connectivity index (χ0v) is 22.8. The third kappa shape index (κ3) is 6.33. The lowest BCUT2D eigenvalue weighted by Crippen LogP contribution is -2.71. The molecule has 3 N–H and O–H groups in total. The maximum Gasteiger partial charge on any atom is 0.352 e. The summed E-state index contributed by atoms with van der Waals surface area (Å²) < 4.78 is 5.15. The van der Waals surface area contributed by atoms with Crippen molar-refractivity contribution in [1.82, 2.24) is 30.6 Å². The molecule has 38 heavy (non-hydrogen) atoms. The summed E-state index contributed by atoms with van der Waals surface area (Å²) in [5.74, 6) is -2.57. The number of esters is 1. The number of H-pyrrole nitrogens is 1. The van der Waals surface area contributed by atoms with Gasteiger partial charge < -0.3 is 20.0 Å². The van der Waals surface area contributed by atoms with Crippen LogP contribution < -0.4 is 5.32 Å². The van der Waals surface area contributed by atoms with Crippen LogP contribution >= 0.6 is 34.9 Å². The van der Waals surface area contributed by atoms with E-state index in [1.54, 1.807) is 26.2 Å². The Morgan fingerprint density at radius 1 is 1.37 bits per heavy atom. The van der Waals surface area contributed by atoms with E-state index in [4.69, 9.17) is 9.57 Å². The Morgan fingerprint density at radius 3 is 2.79 bits per heavy atom. The van der Waals surface area contributed by atoms with Gasteiger partial charge in [-0.15, -0.1) is 28.2 Å². The maximum absolute atomic E-state index is 13.1. The summed E-state index contributed by atoms with van der Waals surface area (Å²) in [4.78, 5) is 60.3. The summed E-state index contributed by atoms with van der Waals surface area (Å²) in [6, 6.07) is -0.985. The number of carboxylic acid groups (broad SMARTS) is 1. The molecule has 0 bridgehead atoms. The van der Waals surface area contributed by atoms with Gasteiger partial charge in [0, 0.05) is 16.9 Å². The van der Waals surface area contributed by atoms with Crippen molar-refractivity contribution in [3.63, 3.8) is 0 Å². The molecule has 17 heteroatoms. The number of rotatable bonds is 10. The fraction of sp³-hybridized carbons (Fsp3) is 0.429. The Kier molecular flexibility index (Phi) is 8.37. The van der Waals surface area contributed by atoms with Gasteiger partial charge in [0.25, 0.3) is 11.8 Å². The lowest BCUT2D eigenvalue weighted by molar-refractivity contribution is -0.160. The first-order chi connectivity index (χ1) is 18.0. The lowest BCUT2D eigenvalue weighted by atomic mass is 10.0. The first-order valence-electron chi connectivity index (χ1n) is 11.0. The average Bonchev–Trinajstić information content (AvgIpc) is 3.56. The van der Waals surface area contributed by atoms with Gasteiger partial charge in [0.05, 0.1) is 11.7 Å². The topological polar surface area (TPSA) is 189 Å². The number of thiazole rings is 1. The maximum atomic E-state index is 13.1. The fourth-order valence-electron chi connectivity index (χ4n) is 3.48. The summed E-state index contributed by atoms with van der Waals surface area (Å²) in [7, 11) is 0. The molecule has 0 aliphatic carbocycles. The number of ether oxygens (including phenoxy) is 1. The van der Waals surface area contributed by atoms with Crippen molar-refractivity contribution in [3.8, 4) is 0 Å². The van der Waals surface area contributed by atoms with Gasteiger partial charge in [-0.25, -0.2) is 14.6 Å². The zero-order chi connectivity index (χ0) is 27.4. The van der Waals surface area contributed by atoms with Gasteiger partial charge in [-0.05, 0) is 26.3 Å². The minimum absolute atomic E-state index is 0.102. The monoisotopic (exact) mass is 581 g/mol. The molecule has 1 unspecified atom stereocenters. The SMILES string of the molecule is CC(C)(C)OC(=O)CON=C(C(=O)NC1C(=O)N2C(C(=O)O)=C(CSc3cn[nH]n3)CS[C@H]12)c1cscn1. The number of carboxylic acids is 1. The largest absolute Gasteiger partial charge is 0.477 e. The Bertz CT molecular complexity index is 1270. The second-order valence-corrected chi connectivity index (χ2v) is 11.7. The van der Waals surface area contributed by atoms with Crippen LogP contribution in [0.2, 0.25) is 0 Å². The zero-order valence-electron chi connectivity index (χ0n) is 20.4. The van der Waals surface area contributed by atoms with Crippen LogP contribution in [0.3, 0.4) is 0 Å². The number of hydrogen-bond donors (Lipinski definition) is 3. The number of nitrogens with zero attached hydrogens (tertiary/aromatic N) is 5. The minimum Gasteiger partial charge on any atom is -0.477 e. The predicted octanol–water partition coefficient (Wildman–Crippen LogP) is 0.855. The van der Waals surface area contributed by atoms with E-state index in [0.717, 1.165) is 0 Å². The van der Waals surface area contributed by atoms with Gasteiger partial charge in [0.2, 0.25) is 6.61 Å². The normalized spacial score (nSPS) is 19.5. The van der Waals surface area contributed by atoms with E-state index in [1.165, 1.54) is 51.5 Å². The Morgan fingerprint density at radius 2 is 2.16 bits per heavy atom. The molecule has 14 nitrogen and oxygen atoms in total. The molecule has 0 aromatic carbocycles. The first-order valence-corrected chi connectivity index (χ1v) is 14.0. The van der Waals surface area contributed by atoms with Crippen LogP contribution in [0.15, 0.2) is 38.5 Å². The smallest absolute Gasteiger partial charge is 0.352 e. The first kappa shape index (κ1) is 27.6. The number of hydrogen-bond acceptors (Lipinski definition) is 13. The third-order valence-corrected chi connectivity index (χ3v) is 7.88. The highest BCUT2D eigenvalue weighted by Gasteiger charge is 2.54. The molecule has 0 radical (unpaired) electrons. The van der Waals surface area contributed by atoms with Gasteiger partial charge in [-0.3, -0.25) is 14.5 Å². The minimum atomic E-state index is -1.23. The number of thioether (sulfide) groups is 2. The number of nitrogens with one attached hydrogen (secondary N) is 2. The Hall–Kier alpha value is -3.44. The fourth-order valence-corrected chi connectivity index (χ4v) is 6.29. The van der Waals surface area contributed by atoms with Crippen molar-refractivity contribution in [2.24, 2.45) is 5.16 Å². The van der Waals surface area contributed by atoms with Crippen molar-refractivity contribution in [2.75, 3.05) is 18.1 Å². The van der Waals surface area contributed by atoms with Crippen LogP contribution in [0.25, 0.3) is 0 Å². The number of fused-ring (bicyclic) bond motifs is 1. The van der Waals surface area contributed by atoms with Crippen LogP contribution in [0.4, 0.5) is 0 Å². The molecule has 4 heterocycles. The second-order valence-electron chi connectivity index (χ2n) is 8.89. The van der Waals surface area contributed by atoms with Crippen molar-refractivity contribution in [1.29, 1.82) is 0 Å². The van der Waals surface area contributed by atoms with Crippen LogP contribution in [-0.2, 0) is 28.8 Å². The number of aliphatic carboxylic acids is 1. The number of carbonyl (C=O) groups is 4. The third-order valence-electron chi connectivity index (χ3n) is 4.97. The molecule has 2 aromatic heterocycles. The van der Waals surface area contributed by atoms with Crippen molar-refractivity contribution >= 4 is 64.3 Å². The summed E-state index contributed by atoms with van der Waals surface area (Å²) in [6.07, 6.45) is 1.52. The lowest BCUT2D eigenvalue weighted by Gasteiger charge is -2.49. The molecular formula is C21H23N7O7S3.